The molecule has 1 aromatic rings. The van der Waals surface area contributed by atoms with E-state index in [0.29, 0.717) is 39.1 Å². The number of benzene rings is 1. The van der Waals surface area contributed by atoms with Crippen LogP contribution in [0.25, 0.3) is 0 Å². The molecule has 7 heteroatoms. The molecule has 1 amide bonds. The Hall–Kier alpha value is -1.60. The standard InChI is InChI=1S/C17H22F3NO3/c1-23-9-10-24-8-4-7-16(22)21-15-11-13(15)12-5-2-3-6-14(12)17(18,19)20/h2-3,5-6,13,15H,4,7-11H2,1H3,(H,21,22). The van der Waals surface area contributed by atoms with Gasteiger partial charge in [0.2, 0.25) is 5.91 Å². The number of rotatable bonds is 9. The normalized spacial score (nSPS) is 20.0. The molecule has 0 aliphatic heterocycles. The van der Waals surface area contributed by atoms with Gasteiger partial charge in [-0.05, 0) is 24.5 Å². The van der Waals surface area contributed by atoms with E-state index >= 15 is 0 Å². The van der Waals surface area contributed by atoms with Crippen molar-refractivity contribution in [1.29, 1.82) is 0 Å². The van der Waals surface area contributed by atoms with E-state index < -0.39 is 11.7 Å². The van der Waals surface area contributed by atoms with Crippen LogP contribution in [0.4, 0.5) is 13.2 Å². The Morgan fingerprint density at radius 3 is 2.71 bits per heavy atom. The summed E-state index contributed by atoms with van der Waals surface area (Å²) in [7, 11) is 1.58. The van der Waals surface area contributed by atoms with Crippen molar-refractivity contribution < 1.29 is 27.4 Å². The summed E-state index contributed by atoms with van der Waals surface area (Å²) in [5.74, 6) is -0.410. The maximum atomic E-state index is 13.0. The predicted molar refractivity (Wildman–Crippen MR) is 82.7 cm³/mol. The summed E-state index contributed by atoms with van der Waals surface area (Å²) >= 11 is 0. The number of hydrogen-bond donors (Lipinski definition) is 1. The molecule has 0 heterocycles. The molecule has 4 nitrogen and oxygen atoms in total. The van der Waals surface area contributed by atoms with Crippen LogP contribution in [-0.4, -0.2) is 38.9 Å². The first-order valence-corrected chi connectivity index (χ1v) is 7.95. The van der Waals surface area contributed by atoms with E-state index in [4.69, 9.17) is 9.47 Å². The van der Waals surface area contributed by atoms with Gasteiger partial charge >= 0.3 is 6.18 Å². The zero-order valence-corrected chi connectivity index (χ0v) is 13.6. The van der Waals surface area contributed by atoms with Crippen LogP contribution in [0.2, 0.25) is 0 Å². The molecule has 2 atom stereocenters. The van der Waals surface area contributed by atoms with Gasteiger partial charge in [0, 0.05) is 32.1 Å². The van der Waals surface area contributed by atoms with Gasteiger partial charge < -0.3 is 14.8 Å². The fourth-order valence-corrected chi connectivity index (χ4v) is 2.63. The van der Waals surface area contributed by atoms with E-state index in [1.807, 2.05) is 0 Å². The first-order valence-electron chi connectivity index (χ1n) is 7.95. The second-order valence-electron chi connectivity index (χ2n) is 5.81. The zero-order valence-electron chi connectivity index (χ0n) is 13.6. The molecule has 0 radical (unpaired) electrons. The summed E-state index contributed by atoms with van der Waals surface area (Å²) in [6, 6.07) is 5.34. The molecule has 0 spiro atoms. The Morgan fingerprint density at radius 2 is 2.00 bits per heavy atom. The number of ether oxygens (including phenoxy) is 2. The zero-order chi connectivity index (χ0) is 17.6. The lowest BCUT2D eigenvalue weighted by Crippen LogP contribution is -2.27. The van der Waals surface area contributed by atoms with E-state index in [0.717, 1.165) is 6.07 Å². The minimum absolute atomic E-state index is 0.151. The number of carbonyl (C=O) groups is 1. The van der Waals surface area contributed by atoms with Crippen LogP contribution in [0, 0.1) is 0 Å². The predicted octanol–water partition coefficient (Wildman–Crippen LogP) is 3.12. The molecular weight excluding hydrogens is 323 g/mol. The van der Waals surface area contributed by atoms with Crippen LogP contribution in [0.3, 0.4) is 0 Å². The number of amides is 1. The van der Waals surface area contributed by atoms with Crippen LogP contribution >= 0.6 is 0 Å². The molecule has 0 aromatic heterocycles. The van der Waals surface area contributed by atoms with Crippen LogP contribution in [0.5, 0.6) is 0 Å². The summed E-state index contributed by atoms with van der Waals surface area (Å²) in [6.45, 7) is 1.45. The van der Waals surface area contributed by atoms with Gasteiger partial charge in [0.05, 0.1) is 18.8 Å². The minimum atomic E-state index is -4.37. The van der Waals surface area contributed by atoms with Crippen LogP contribution in [0.15, 0.2) is 24.3 Å². The second kappa shape index (κ2) is 8.48. The smallest absolute Gasteiger partial charge is 0.382 e. The van der Waals surface area contributed by atoms with Gasteiger partial charge in [-0.2, -0.15) is 13.2 Å². The number of nitrogens with one attached hydrogen (secondary N) is 1. The molecule has 1 aromatic carbocycles. The molecule has 1 fully saturated rings. The molecule has 1 aliphatic carbocycles. The maximum absolute atomic E-state index is 13.0. The van der Waals surface area contributed by atoms with E-state index in [1.54, 1.807) is 13.2 Å². The third-order valence-corrected chi connectivity index (χ3v) is 3.93. The SMILES string of the molecule is COCCOCCCC(=O)NC1CC1c1ccccc1C(F)(F)F. The highest BCUT2D eigenvalue weighted by Crippen LogP contribution is 2.46. The van der Waals surface area contributed by atoms with Crippen molar-refractivity contribution >= 4 is 5.91 Å². The quantitative estimate of drug-likeness (QED) is 0.700. The van der Waals surface area contributed by atoms with Gasteiger partial charge in [-0.25, -0.2) is 0 Å². The number of methoxy groups -OCH3 is 1. The topological polar surface area (TPSA) is 47.6 Å². The Labute approximate surface area is 139 Å². The molecular formula is C17H22F3NO3. The Bertz CT molecular complexity index is 548. The minimum Gasteiger partial charge on any atom is -0.382 e. The number of carbonyl (C=O) groups excluding carboxylic acids is 1. The highest BCUT2D eigenvalue weighted by atomic mass is 19.4. The van der Waals surface area contributed by atoms with E-state index in [9.17, 15) is 18.0 Å². The van der Waals surface area contributed by atoms with Crippen molar-refractivity contribution in [1.82, 2.24) is 5.32 Å². The molecule has 0 bridgehead atoms. The highest BCUT2D eigenvalue weighted by molar-refractivity contribution is 5.76. The van der Waals surface area contributed by atoms with Gasteiger partial charge in [0.1, 0.15) is 0 Å². The average Bonchev–Trinajstić information content (AvgIpc) is 3.29. The summed E-state index contributed by atoms with van der Waals surface area (Å²) in [5, 5.41) is 2.80. The molecule has 24 heavy (non-hydrogen) atoms. The third kappa shape index (κ3) is 5.49. The lowest BCUT2D eigenvalue weighted by Gasteiger charge is -2.12. The average molecular weight is 345 g/mol. The molecule has 134 valence electrons. The van der Waals surface area contributed by atoms with Crippen LogP contribution in [-0.2, 0) is 20.4 Å². The van der Waals surface area contributed by atoms with Crippen molar-refractivity contribution in [3.05, 3.63) is 35.4 Å². The lowest BCUT2D eigenvalue weighted by molar-refractivity contribution is -0.138. The number of hydrogen-bond acceptors (Lipinski definition) is 3. The largest absolute Gasteiger partial charge is 0.416 e. The molecule has 1 N–H and O–H groups in total. The van der Waals surface area contributed by atoms with Crippen molar-refractivity contribution in [2.24, 2.45) is 0 Å². The summed E-state index contributed by atoms with van der Waals surface area (Å²) in [5.41, 5.74) is -0.350. The summed E-state index contributed by atoms with van der Waals surface area (Å²) in [4.78, 5) is 11.8. The monoisotopic (exact) mass is 345 g/mol. The van der Waals surface area contributed by atoms with E-state index in [2.05, 4.69) is 5.32 Å². The molecule has 0 saturated heterocycles. The van der Waals surface area contributed by atoms with Crippen LogP contribution < -0.4 is 5.32 Å². The van der Waals surface area contributed by atoms with Gasteiger partial charge in [-0.1, -0.05) is 18.2 Å². The van der Waals surface area contributed by atoms with Crippen molar-refractivity contribution in [2.45, 2.75) is 37.4 Å². The van der Waals surface area contributed by atoms with Gasteiger partial charge in [0.15, 0.2) is 0 Å². The maximum Gasteiger partial charge on any atom is 0.416 e. The van der Waals surface area contributed by atoms with Gasteiger partial charge in [-0.15, -0.1) is 0 Å². The Morgan fingerprint density at radius 1 is 1.25 bits per heavy atom. The molecule has 2 unspecified atom stereocenters. The molecule has 2 rings (SSSR count). The highest BCUT2D eigenvalue weighted by Gasteiger charge is 2.44. The molecule has 1 saturated carbocycles. The number of alkyl halides is 3. The first-order chi connectivity index (χ1) is 11.4. The Balaban J connectivity index is 1.75. The fourth-order valence-electron chi connectivity index (χ4n) is 2.63. The first kappa shape index (κ1) is 18.7. The van der Waals surface area contributed by atoms with Gasteiger partial charge in [0.25, 0.3) is 0 Å². The molecule has 1 aliphatic rings. The van der Waals surface area contributed by atoms with Crippen molar-refractivity contribution in [3.8, 4) is 0 Å². The van der Waals surface area contributed by atoms with Crippen LogP contribution in [0.1, 0.15) is 36.3 Å². The van der Waals surface area contributed by atoms with Gasteiger partial charge in [-0.3, -0.25) is 4.79 Å². The third-order valence-electron chi connectivity index (χ3n) is 3.93. The second-order valence-corrected chi connectivity index (χ2v) is 5.81. The van der Waals surface area contributed by atoms with Crippen molar-refractivity contribution in [3.63, 3.8) is 0 Å². The summed E-state index contributed by atoms with van der Waals surface area (Å²) < 4.78 is 49.1. The number of halogens is 3. The lowest BCUT2D eigenvalue weighted by atomic mass is 10.0. The Kier molecular flexibility index (Phi) is 6.62. The summed E-state index contributed by atoms with van der Waals surface area (Å²) in [6.07, 6.45) is -2.94. The fraction of sp³-hybridized carbons (Fsp3) is 0.588. The van der Waals surface area contributed by atoms with E-state index in [1.165, 1.54) is 12.1 Å². The van der Waals surface area contributed by atoms with E-state index in [-0.39, 0.29) is 23.4 Å². The van der Waals surface area contributed by atoms with Crippen molar-refractivity contribution in [2.75, 3.05) is 26.9 Å².